The van der Waals surface area contributed by atoms with Crippen molar-refractivity contribution in [3.8, 4) is 5.75 Å². The smallest absolute Gasteiger partial charge is 0.342 e. The molecule has 0 amide bonds. The van der Waals surface area contributed by atoms with Crippen LogP contribution in [-0.4, -0.2) is 39.4 Å². The second kappa shape index (κ2) is 6.53. The number of ether oxygens (including phenoxy) is 2. The zero-order valence-electron chi connectivity index (χ0n) is 14.8. The summed E-state index contributed by atoms with van der Waals surface area (Å²) in [6, 6.07) is 6.50. The zero-order valence-corrected chi connectivity index (χ0v) is 14.8. The van der Waals surface area contributed by atoms with Crippen LogP contribution in [0.5, 0.6) is 5.75 Å². The minimum absolute atomic E-state index is 0.188. The summed E-state index contributed by atoms with van der Waals surface area (Å²) < 4.78 is 10.7. The van der Waals surface area contributed by atoms with Crippen LogP contribution in [0.4, 0.5) is 0 Å². The molecule has 0 aliphatic carbocycles. The molecule has 0 atom stereocenters. The molecule has 1 aliphatic rings. The molecule has 2 rings (SSSR count). The van der Waals surface area contributed by atoms with E-state index in [1.54, 1.807) is 24.3 Å². The number of para-hydroxylation sites is 1. The van der Waals surface area contributed by atoms with E-state index in [1.807, 2.05) is 27.7 Å². The monoisotopic (exact) mass is 335 g/mol. The topological polar surface area (TPSA) is 76.1 Å². The summed E-state index contributed by atoms with van der Waals surface area (Å²) in [5.74, 6) is -0.839. The highest BCUT2D eigenvalue weighted by molar-refractivity contribution is 5.93. The number of piperidine rings is 1. The average Bonchev–Trinajstić information content (AvgIpc) is 2.44. The van der Waals surface area contributed by atoms with Gasteiger partial charge in [-0.05, 0) is 39.8 Å². The molecule has 1 aromatic rings. The lowest BCUT2D eigenvalue weighted by atomic mass is 9.80. The second-order valence-corrected chi connectivity index (χ2v) is 7.46. The fourth-order valence-corrected chi connectivity index (χ4v) is 3.36. The lowest BCUT2D eigenvalue weighted by Gasteiger charge is -2.50. The van der Waals surface area contributed by atoms with Crippen molar-refractivity contribution in [3.63, 3.8) is 0 Å². The van der Waals surface area contributed by atoms with Crippen molar-refractivity contribution in [2.24, 2.45) is 0 Å². The number of carbonyl (C=O) groups excluding carboxylic acids is 2. The average molecular weight is 335 g/mol. The summed E-state index contributed by atoms with van der Waals surface area (Å²) in [5, 5.41) is 11.6. The molecule has 0 aromatic heterocycles. The Bertz CT molecular complexity index is 620. The first-order chi connectivity index (χ1) is 11.0. The normalized spacial score (nSPS) is 20.4. The van der Waals surface area contributed by atoms with Gasteiger partial charge in [-0.1, -0.05) is 12.1 Å². The Morgan fingerprint density at radius 2 is 1.67 bits per heavy atom. The molecule has 1 saturated heterocycles. The third kappa shape index (κ3) is 3.94. The van der Waals surface area contributed by atoms with Crippen molar-refractivity contribution in [2.45, 2.75) is 64.6 Å². The number of rotatable bonds is 3. The molecule has 0 unspecified atom stereocenters. The molecule has 6 nitrogen and oxygen atoms in total. The Balaban J connectivity index is 2.17. The third-order valence-corrected chi connectivity index (χ3v) is 4.24. The van der Waals surface area contributed by atoms with Gasteiger partial charge in [0.25, 0.3) is 0 Å². The first-order valence-corrected chi connectivity index (χ1v) is 8.00. The summed E-state index contributed by atoms with van der Waals surface area (Å²) in [6.07, 6.45) is 0.680. The Morgan fingerprint density at radius 1 is 1.12 bits per heavy atom. The fraction of sp³-hybridized carbons (Fsp3) is 0.556. The maximum Gasteiger partial charge on any atom is 0.342 e. The number of nitrogens with zero attached hydrogens (tertiary/aromatic N) is 1. The first kappa shape index (κ1) is 18.4. The number of benzene rings is 1. The van der Waals surface area contributed by atoms with Crippen molar-refractivity contribution in [3.05, 3.63) is 29.8 Å². The largest absolute Gasteiger partial charge is 0.459 e. The van der Waals surface area contributed by atoms with Crippen LogP contribution in [0.1, 0.15) is 57.8 Å². The van der Waals surface area contributed by atoms with Crippen LogP contribution in [0, 0.1) is 0 Å². The maximum atomic E-state index is 12.5. The molecule has 1 aliphatic heterocycles. The molecule has 0 spiro atoms. The fourth-order valence-electron chi connectivity index (χ4n) is 3.36. The van der Waals surface area contributed by atoms with Crippen LogP contribution in [0.15, 0.2) is 24.3 Å². The molecule has 6 heteroatoms. The molecular weight excluding hydrogens is 310 g/mol. The maximum absolute atomic E-state index is 12.5. The van der Waals surface area contributed by atoms with Crippen LogP contribution in [0.3, 0.4) is 0 Å². The molecule has 24 heavy (non-hydrogen) atoms. The Hall–Kier alpha value is -1.92. The van der Waals surface area contributed by atoms with Gasteiger partial charge in [0.05, 0.1) is 0 Å². The number of esters is 2. The Kier molecular flexibility index (Phi) is 5.01. The first-order valence-electron chi connectivity index (χ1n) is 8.00. The van der Waals surface area contributed by atoms with Gasteiger partial charge in [0, 0.05) is 30.8 Å². The highest BCUT2D eigenvalue weighted by atomic mass is 16.6. The molecule has 1 N–H and O–H groups in total. The molecule has 0 saturated carbocycles. The van der Waals surface area contributed by atoms with E-state index < -0.39 is 23.0 Å². The third-order valence-electron chi connectivity index (χ3n) is 4.24. The molecule has 1 fully saturated rings. The van der Waals surface area contributed by atoms with Gasteiger partial charge < -0.3 is 14.7 Å². The van der Waals surface area contributed by atoms with Crippen molar-refractivity contribution >= 4 is 11.9 Å². The summed E-state index contributed by atoms with van der Waals surface area (Å²) in [5.41, 5.74) is -0.806. The second-order valence-electron chi connectivity index (χ2n) is 7.46. The van der Waals surface area contributed by atoms with Gasteiger partial charge >= 0.3 is 11.9 Å². The number of hydrogen-bond donors (Lipinski definition) is 1. The quantitative estimate of drug-likeness (QED) is 0.675. The van der Waals surface area contributed by atoms with Crippen LogP contribution < -0.4 is 4.74 Å². The van der Waals surface area contributed by atoms with Crippen molar-refractivity contribution in [1.82, 2.24) is 5.06 Å². The van der Waals surface area contributed by atoms with Crippen LogP contribution in [-0.2, 0) is 9.53 Å². The molecule has 132 valence electrons. The van der Waals surface area contributed by atoms with E-state index in [4.69, 9.17) is 9.47 Å². The minimum Gasteiger partial charge on any atom is -0.459 e. The minimum atomic E-state index is -0.533. The summed E-state index contributed by atoms with van der Waals surface area (Å²) >= 11 is 0. The highest BCUT2D eigenvalue weighted by Gasteiger charge is 2.46. The standard InChI is InChI=1S/C18H25NO5/c1-12(20)23-15-9-7-6-8-14(15)16(21)24-13-10-17(2,3)19(22)18(4,5)11-13/h6-9,13,22H,10-11H2,1-5H3. The molecule has 1 heterocycles. The molecule has 0 radical (unpaired) electrons. The summed E-state index contributed by atoms with van der Waals surface area (Å²) in [7, 11) is 0. The predicted molar refractivity (Wildman–Crippen MR) is 88.0 cm³/mol. The summed E-state index contributed by atoms with van der Waals surface area (Å²) in [4.78, 5) is 23.7. The van der Waals surface area contributed by atoms with Crippen molar-refractivity contribution < 1.29 is 24.3 Å². The van der Waals surface area contributed by atoms with Gasteiger partial charge in [0.2, 0.25) is 0 Å². The molecule has 0 bridgehead atoms. The SMILES string of the molecule is CC(=O)Oc1ccccc1C(=O)OC1CC(C)(C)N(O)C(C)(C)C1. The van der Waals surface area contributed by atoms with Crippen LogP contribution in [0.25, 0.3) is 0 Å². The van der Waals surface area contributed by atoms with Gasteiger partial charge in [-0.15, -0.1) is 0 Å². The lowest BCUT2D eigenvalue weighted by Crippen LogP contribution is -2.60. The number of carbonyl (C=O) groups is 2. The Morgan fingerprint density at radius 3 is 2.21 bits per heavy atom. The van der Waals surface area contributed by atoms with Gasteiger partial charge in [0.1, 0.15) is 17.4 Å². The highest BCUT2D eigenvalue weighted by Crippen LogP contribution is 2.38. The van der Waals surface area contributed by atoms with E-state index in [2.05, 4.69) is 0 Å². The van der Waals surface area contributed by atoms with Crippen molar-refractivity contribution in [1.29, 1.82) is 0 Å². The van der Waals surface area contributed by atoms with Gasteiger partial charge in [-0.2, -0.15) is 5.06 Å². The predicted octanol–water partition coefficient (Wildman–Crippen LogP) is 3.18. The Labute approximate surface area is 142 Å². The van der Waals surface area contributed by atoms with Crippen LogP contribution >= 0.6 is 0 Å². The van der Waals surface area contributed by atoms with Crippen LogP contribution in [0.2, 0.25) is 0 Å². The van der Waals surface area contributed by atoms with E-state index >= 15 is 0 Å². The summed E-state index contributed by atoms with van der Waals surface area (Å²) in [6.45, 7) is 8.90. The van der Waals surface area contributed by atoms with E-state index in [1.165, 1.54) is 12.0 Å². The van der Waals surface area contributed by atoms with Gasteiger partial charge in [-0.25, -0.2) is 4.79 Å². The van der Waals surface area contributed by atoms with Gasteiger partial charge in [0.15, 0.2) is 0 Å². The number of hydrogen-bond acceptors (Lipinski definition) is 6. The van der Waals surface area contributed by atoms with E-state index in [9.17, 15) is 14.8 Å². The number of hydroxylamine groups is 2. The molecular formula is C18H25NO5. The van der Waals surface area contributed by atoms with Gasteiger partial charge in [-0.3, -0.25) is 4.79 Å². The van der Waals surface area contributed by atoms with E-state index in [-0.39, 0.29) is 17.4 Å². The zero-order chi connectivity index (χ0) is 18.1. The van der Waals surface area contributed by atoms with Crippen molar-refractivity contribution in [2.75, 3.05) is 0 Å². The lowest BCUT2D eigenvalue weighted by molar-refractivity contribution is -0.256. The van der Waals surface area contributed by atoms with E-state index in [0.717, 1.165) is 0 Å². The van der Waals surface area contributed by atoms with E-state index in [0.29, 0.717) is 12.8 Å². The molecule has 1 aromatic carbocycles.